The lowest BCUT2D eigenvalue weighted by Crippen LogP contribution is -2.26. The second kappa shape index (κ2) is 4.01. The molecule has 2 rings (SSSR count). The number of amides is 1. The van der Waals surface area contributed by atoms with Gasteiger partial charge in [-0.05, 0) is 12.1 Å². The molecule has 6 nitrogen and oxygen atoms in total. The first-order chi connectivity index (χ1) is 7.68. The number of nitrogens with zero attached hydrogens (tertiary/aromatic N) is 2. The monoisotopic (exact) mass is 219 g/mol. The van der Waals surface area contributed by atoms with Gasteiger partial charge in [-0.2, -0.15) is 0 Å². The Morgan fingerprint density at radius 1 is 1.56 bits per heavy atom. The van der Waals surface area contributed by atoms with E-state index in [1.807, 2.05) is 0 Å². The van der Waals surface area contributed by atoms with Crippen LogP contribution in [0.2, 0.25) is 0 Å². The molecule has 0 bridgehead atoms. The number of pyridine rings is 1. The van der Waals surface area contributed by atoms with Gasteiger partial charge in [0.2, 0.25) is 0 Å². The zero-order chi connectivity index (χ0) is 11.5. The molecule has 0 aliphatic carbocycles. The summed E-state index contributed by atoms with van der Waals surface area (Å²) in [5.74, 6) is -0.482. The molecule has 0 atom stereocenters. The molecule has 0 aliphatic heterocycles. The average Bonchev–Trinajstić information content (AvgIpc) is 2.74. The Bertz CT molecular complexity index is 557. The van der Waals surface area contributed by atoms with Crippen molar-refractivity contribution in [2.24, 2.45) is 7.05 Å². The van der Waals surface area contributed by atoms with Crippen molar-refractivity contribution in [1.29, 1.82) is 0 Å². The van der Waals surface area contributed by atoms with Crippen molar-refractivity contribution in [1.82, 2.24) is 9.72 Å². The zero-order valence-electron chi connectivity index (χ0n) is 8.51. The molecular weight excluding hydrogens is 210 g/mol. The van der Waals surface area contributed by atoms with Crippen LogP contribution in [0.3, 0.4) is 0 Å². The number of rotatable bonds is 2. The van der Waals surface area contributed by atoms with Crippen LogP contribution in [0.25, 0.3) is 0 Å². The normalized spacial score (nSPS) is 10.1. The third-order valence-corrected chi connectivity index (χ3v) is 2.06. The van der Waals surface area contributed by atoms with Crippen molar-refractivity contribution in [3.05, 3.63) is 46.7 Å². The lowest BCUT2D eigenvalue weighted by Gasteiger charge is -2.02. The van der Waals surface area contributed by atoms with Crippen LogP contribution in [0.1, 0.15) is 10.4 Å². The minimum absolute atomic E-state index is 0.0752. The molecule has 1 amide bonds. The summed E-state index contributed by atoms with van der Waals surface area (Å²) in [6, 6.07) is 3.09. The Morgan fingerprint density at radius 3 is 3.06 bits per heavy atom. The fourth-order valence-corrected chi connectivity index (χ4v) is 1.24. The molecule has 0 aromatic carbocycles. The predicted octanol–water partition coefficient (Wildman–Crippen LogP) is 0.626. The van der Waals surface area contributed by atoms with Gasteiger partial charge in [-0.15, -0.1) is 0 Å². The Hall–Kier alpha value is -2.37. The van der Waals surface area contributed by atoms with Gasteiger partial charge in [0, 0.05) is 13.2 Å². The fourth-order valence-electron chi connectivity index (χ4n) is 1.24. The first-order valence-electron chi connectivity index (χ1n) is 4.55. The molecule has 6 heteroatoms. The Labute approximate surface area is 90.5 Å². The van der Waals surface area contributed by atoms with Crippen molar-refractivity contribution in [3.8, 4) is 0 Å². The molecule has 0 unspecified atom stereocenters. The van der Waals surface area contributed by atoms with Gasteiger partial charge in [-0.3, -0.25) is 9.59 Å². The van der Waals surface area contributed by atoms with Crippen LogP contribution in [-0.2, 0) is 7.05 Å². The van der Waals surface area contributed by atoms with Crippen LogP contribution in [0.4, 0.5) is 5.69 Å². The van der Waals surface area contributed by atoms with Crippen molar-refractivity contribution in [2.45, 2.75) is 0 Å². The molecule has 2 aromatic heterocycles. The lowest BCUT2D eigenvalue weighted by molar-refractivity contribution is 0.102. The summed E-state index contributed by atoms with van der Waals surface area (Å²) in [4.78, 5) is 23.3. The van der Waals surface area contributed by atoms with Gasteiger partial charge in [0.15, 0.2) is 0 Å². The largest absolute Gasteiger partial charge is 0.363 e. The van der Waals surface area contributed by atoms with E-state index >= 15 is 0 Å². The Kier molecular flexibility index (Phi) is 2.55. The van der Waals surface area contributed by atoms with Gasteiger partial charge < -0.3 is 14.4 Å². The molecule has 2 heterocycles. The van der Waals surface area contributed by atoms with E-state index in [0.717, 1.165) is 0 Å². The summed E-state index contributed by atoms with van der Waals surface area (Å²) in [6.45, 7) is 0. The highest BCUT2D eigenvalue weighted by Gasteiger charge is 2.11. The molecule has 0 saturated carbocycles. The number of carbonyl (C=O) groups excluding carboxylic acids is 1. The SMILES string of the molecule is Cn1cccc(C(=O)Nc2cnoc2)c1=O. The number of hydrogen-bond acceptors (Lipinski definition) is 4. The smallest absolute Gasteiger partial charge is 0.263 e. The number of anilines is 1. The highest BCUT2D eigenvalue weighted by Crippen LogP contribution is 2.05. The van der Waals surface area contributed by atoms with E-state index in [4.69, 9.17) is 0 Å². The lowest BCUT2D eigenvalue weighted by atomic mass is 10.2. The topological polar surface area (TPSA) is 77.1 Å². The maximum absolute atomic E-state index is 11.7. The minimum atomic E-state index is -0.482. The number of aromatic nitrogens is 2. The van der Waals surface area contributed by atoms with Crippen molar-refractivity contribution >= 4 is 11.6 Å². The molecule has 82 valence electrons. The predicted molar refractivity (Wildman–Crippen MR) is 56.1 cm³/mol. The van der Waals surface area contributed by atoms with Crippen molar-refractivity contribution in [3.63, 3.8) is 0 Å². The van der Waals surface area contributed by atoms with Gasteiger partial charge in [0.05, 0.1) is 6.20 Å². The summed E-state index contributed by atoms with van der Waals surface area (Å²) >= 11 is 0. The number of hydrogen-bond donors (Lipinski definition) is 1. The molecule has 0 radical (unpaired) electrons. The zero-order valence-corrected chi connectivity index (χ0v) is 8.51. The molecule has 2 aromatic rings. The molecule has 0 saturated heterocycles. The third kappa shape index (κ3) is 1.85. The number of nitrogens with one attached hydrogen (secondary N) is 1. The second-order valence-corrected chi connectivity index (χ2v) is 3.21. The maximum Gasteiger partial charge on any atom is 0.263 e. The standard InChI is InChI=1S/C10H9N3O3/c1-13-4-2-3-8(10(13)15)9(14)12-7-5-11-16-6-7/h2-6H,1H3,(H,12,14). The molecule has 1 N–H and O–H groups in total. The van der Waals surface area contributed by atoms with E-state index in [1.54, 1.807) is 19.3 Å². The molecular formula is C10H9N3O3. The highest BCUT2D eigenvalue weighted by molar-refractivity contribution is 6.03. The fraction of sp³-hybridized carbons (Fsp3) is 0.100. The van der Waals surface area contributed by atoms with E-state index in [9.17, 15) is 9.59 Å². The molecule has 0 aliphatic rings. The van der Waals surface area contributed by atoms with Crippen LogP contribution in [0.15, 0.2) is 40.1 Å². The summed E-state index contributed by atoms with van der Waals surface area (Å²) < 4.78 is 5.89. The molecule has 0 spiro atoms. The van der Waals surface area contributed by atoms with Gasteiger partial charge in [-0.25, -0.2) is 0 Å². The van der Waals surface area contributed by atoms with E-state index in [-0.39, 0.29) is 11.1 Å². The quantitative estimate of drug-likeness (QED) is 0.803. The van der Waals surface area contributed by atoms with Gasteiger partial charge in [0.25, 0.3) is 11.5 Å². The highest BCUT2D eigenvalue weighted by atomic mass is 16.5. The van der Waals surface area contributed by atoms with E-state index < -0.39 is 5.91 Å². The van der Waals surface area contributed by atoms with Gasteiger partial charge in [-0.1, -0.05) is 5.16 Å². The minimum Gasteiger partial charge on any atom is -0.363 e. The number of carbonyl (C=O) groups is 1. The van der Waals surface area contributed by atoms with E-state index in [2.05, 4.69) is 15.0 Å². The molecule has 16 heavy (non-hydrogen) atoms. The second-order valence-electron chi connectivity index (χ2n) is 3.21. The Balaban J connectivity index is 2.28. The van der Waals surface area contributed by atoms with Crippen LogP contribution in [0, 0.1) is 0 Å². The van der Waals surface area contributed by atoms with Crippen LogP contribution >= 0.6 is 0 Å². The van der Waals surface area contributed by atoms with Gasteiger partial charge >= 0.3 is 0 Å². The van der Waals surface area contributed by atoms with Crippen LogP contribution < -0.4 is 10.9 Å². The number of aryl methyl sites for hydroxylation is 1. The van der Waals surface area contributed by atoms with Crippen molar-refractivity contribution < 1.29 is 9.32 Å². The summed E-state index contributed by atoms with van der Waals surface area (Å²) in [7, 11) is 1.58. The summed E-state index contributed by atoms with van der Waals surface area (Å²) in [5.41, 5.74) is 0.138. The van der Waals surface area contributed by atoms with Crippen molar-refractivity contribution in [2.75, 3.05) is 5.32 Å². The third-order valence-electron chi connectivity index (χ3n) is 2.06. The first-order valence-corrected chi connectivity index (χ1v) is 4.55. The Morgan fingerprint density at radius 2 is 2.38 bits per heavy atom. The maximum atomic E-state index is 11.7. The van der Waals surface area contributed by atoms with Crippen LogP contribution in [-0.4, -0.2) is 15.6 Å². The van der Waals surface area contributed by atoms with Crippen LogP contribution in [0.5, 0.6) is 0 Å². The summed E-state index contributed by atoms with van der Waals surface area (Å²) in [5, 5.41) is 5.93. The first kappa shape index (κ1) is 10.2. The average molecular weight is 219 g/mol. The molecule has 0 fully saturated rings. The van der Waals surface area contributed by atoms with E-state index in [1.165, 1.54) is 23.1 Å². The summed E-state index contributed by atoms with van der Waals surface area (Å²) in [6.07, 6.45) is 4.22. The van der Waals surface area contributed by atoms with Gasteiger partial charge in [0.1, 0.15) is 17.5 Å². The van der Waals surface area contributed by atoms with E-state index in [0.29, 0.717) is 5.69 Å².